The van der Waals surface area contributed by atoms with Gasteiger partial charge in [-0.3, -0.25) is 0 Å². The zero-order valence-corrected chi connectivity index (χ0v) is 10.4. The van der Waals surface area contributed by atoms with Gasteiger partial charge in [0.1, 0.15) is 11.6 Å². The van der Waals surface area contributed by atoms with Crippen molar-refractivity contribution in [2.24, 2.45) is 0 Å². The SMILES string of the molecule is CNCc1nnc(OCCOCCOC)s1. The lowest BCUT2D eigenvalue weighted by atomic mass is 10.7. The maximum absolute atomic E-state index is 5.36. The van der Waals surface area contributed by atoms with Crippen molar-refractivity contribution in [3.8, 4) is 5.19 Å². The molecule has 0 bridgehead atoms. The molecule has 1 rings (SSSR count). The Morgan fingerprint density at radius 1 is 1.19 bits per heavy atom. The van der Waals surface area contributed by atoms with Crippen LogP contribution < -0.4 is 10.1 Å². The zero-order chi connectivity index (χ0) is 11.6. The van der Waals surface area contributed by atoms with Gasteiger partial charge in [-0.25, -0.2) is 0 Å². The van der Waals surface area contributed by atoms with Crippen LogP contribution in [0.2, 0.25) is 0 Å². The highest BCUT2D eigenvalue weighted by Gasteiger charge is 2.03. The normalized spacial score (nSPS) is 10.6. The molecule has 1 aromatic heterocycles. The Morgan fingerprint density at radius 3 is 2.75 bits per heavy atom. The fraction of sp³-hybridized carbons (Fsp3) is 0.778. The number of nitrogens with zero attached hydrogens (tertiary/aromatic N) is 2. The molecule has 0 fully saturated rings. The van der Waals surface area contributed by atoms with E-state index in [0.29, 0.717) is 38.2 Å². The molecule has 0 spiro atoms. The molecular weight excluding hydrogens is 230 g/mol. The molecule has 16 heavy (non-hydrogen) atoms. The first-order chi connectivity index (χ1) is 7.86. The summed E-state index contributed by atoms with van der Waals surface area (Å²) in [4.78, 5) is 0. The number of hydrogen-bond donors (Lipinski definition) is 1. The number of methoxy groups -OCH3 is 1. The smallest absolute Gasteiger partial charge is 0.294 e. The van der Waals surface area contributed by atoms with Gasteiger partial charge in [-0.15, -0.1) is 10.2 Å². The van der Waals surface area contributed by atoms with Gasteiger partial charge in [0.2, 0.25) is 0 Å². The van der Waals surface area contributed by atoms with Gasteiger partial charge in [-0.1, -0.05) is 11.3 Å². The molecule has 0 aliphatic rings. The molecule has 0 saturated heterocycles. The minimum Gasteiger partial charge on any atom is -0.466 e. The van der Waals surface area contributed by atoms with E-state index in [0.717, 1.165) is 5.01 Å². The van der Waals surface area contributed by atoms with Crippen LogP contribution in [0.4, 0.5) is 0 Å². The van der Waals surface area contributed by atoms with E-state index in [1.54, 1.807) is 7.11 Å². The first-order valence-electron chi connectivity index (χ1n) is 5.03. The van der Waals surface area contributed by atoms with Crippen molar-refractivity contribution in [1.29, 1.82) is 0 Å². The standard InChI is InChI=1S/C9H17N3O3S/c1-10-7-8-11-12-9(16-8)15-6-5-14-4-3-13-2/h10H,3-7H2,1-2H3. The van der Waals surface area contributed by atoms with Gasteiger partial charge in [0, 0.05) is 13.7 Å². The van der Waals surface area contributed by atoms with Crippen LogP contribution >= 0.6 is 11.3 Å². The zero-order valence-electron chi connectivity index (χ0n) is 9.56. The van der Waals surface area contributed by atoms with E-state index in [1.165, 1.54) is 11.3 Å². The number of aromatic nitrogens is 2. The van der Waals surface area contributed by atoms with Crippen LogP contribution in [0, 0.1) is 0 Å². The van der Waals surface area contributed by atoms with Gasteiger partial charge in [-0.2, -0.15) is 0 Å². The number of rotatable bonds is 9. The predicted octanol–water partition coefficient (Wildman–Crippen LogP) is 0.299. The van der Waals surface area contributed by atoms with E-state index in [9.17, 15) is 0 Å². The van der Waals surface area contributed by atoms with Crippen LogP contribution in [0.1, 0.15) is 5.01 Å². The number of ether oxygens (including phenoxy) is 3. The van der Waals surface area contributed by atoms with Crippen molar-refractivity contribution < 1.29 is 14.2 Å². The van der Waals surface area contributed by atoms with Gasteiger partial charge in [0.15, 0.2) is 0 Å². The second-order valence-corrected chi connectivity index (χ2v) is 3.97. The Balaban J connectivity index is 2.07. The fourth-order valence-electron chi connectivity index (χ4n) is 0.951. The van der Waals surface area contributed by atoms with Crippen LogP contribution in [-0.2, 0) is 16.0 Å². The van der Waals surface area contributed by atoms with Gasteiger partial charge in [0.05, 0.1) is 19.8 Å². The van der Waals surface area contributed by atoms with E-state index >= 15 is 0 Å². The summed E-state index contributed by atoms with van der Waals surface area (Å²) in [5, 5.41) is 12.3. The minimum absolute atomic E-state index is 0.484. The molecule has 0 aliphatic carbocycles. The van der Waals surface area contributed by atoms with E-state index in [2.05, 4.69) is 15.5 Å². The second kappa shape index (κ2) is 8.40. The highest BCUT2D eigenvalue weighted by molar-refractivity contribution is 7.13. The van der Waals surface area contributed by atoms with Gasteiger partial charge >= 0.3 is 0 Å². The molecule has 7 heteroatoms. The van der Waals surface area contributed by atoms with Gasteiger partial charge in [0.25, 0.3) is 5.19 Å². The summed E-state index contributed by atoms with van der Waals surface area (Å²) in [6, 6.07) is 0. The number of hydrogen-bond acceptors (Lipinski definition) is 7. The average molecular weight is 247 g/mol. The summed E-state index contributed by atoms with van der Waals surface area (Å²) >= 11 is 1.44. The average Bonchev–Trinajstić information content (AvgIpc) is 2.72. The summed E-state index contributed by atoms with van der Waals surface area (Å²) in [5.41, 5.74) is 0. The Labute approximate surface area is 98.9 Å². The molecule has 0 saturated carbocycles. The minimum atomic E-state index is 0.484. The lowest BCUT2D eigenvalue weighted by molar-refractivity contribution is 0.0543. The quantitative estimate of drug-likeness (QED) is 0.633. The van der Waals surface area contributed by atoms with E-state index in [1.807, 2.05) is 7.05 Å². The molecule has 1 heterocycles. The predicted molar refractivity (Wildman–Crippen MR) is 60.9 cm³/mol. The molecule has 0 unspecified atom stereocenters. The molecule has 92 valence electrons. The summed E-state index contributed by atoms with van der Waals surface area (Å²) in [7, 11) is 3.51. The van der Waals surface area contributed by atoms with Crippen molar-refractivity contribution in [2.45, 2.75) is 6.54 Å². The van der Waals surface area contributed by atoms with Crippen LogP contribution in [-0.4, -0.2) is 50.8 Å². The molecule has 0 aromatic carbocycles. The molecule has 0 amide bonds. The Bertz CT molecular complexity index is 283. The van der Waals surface area contributed by atoms with Crippen LogP contribution in [0.3, 0.4) is 0 Å². The van der Waals surface area contributed by atoms with Crippen LogP contribution in [0.25, 0.3) is 0 Å². The first-order valence-corrected chi connectivity index (χ1v) is 5.85. The van der Waals surface area contributed by atoms with Crippen molar-refractivity contribution in [2.75, 3.05) is 40.6 Å². The first kappa shape index (κ1) is 13.3. The Kier molecular flexibility index (Phi) is 6.98. The Morgan fingerprint density at radius 2 is 2.00 bits per heavy atom. The van der Waals surface area contributed by atoms with E-state index in [-0.39, 0.29) is 0 Å². The monoisotopic (exact) mass is 247 g/mol. The van der Waals surface area contributed by atoms with E-state index in [4.69, 9.17) is 14.2 Å². The maximum atomic E-state index is 5.36. The molecule has 0 aliphatic heterocycles. The third kappa shape index (κ3) is 5.36. The largest absolute Gasteiger partial charge is 0.466 e. The summed E-state index contributed by atoms with van der Waals surface area (Å²) in [6.07, 6.45) is 0. The molecule has 1 aromatic rings. The van der Waals surface area contributed by atoms with Crippen molar-refractivity contribution in [1.82, 2.24) is 15.5 Å². The second-order valence-electron chi connectivity index (χ2n) is 2.95. The van der Waals surface area contributed by atoms with Gasteiger partial charge in [-0.05, 0) is 7.05 Å². The fourth-order valence-corrected chi connectivity index (χ4v) is 1.68. The summed E-state index contributed by atoms with van der Waals surface area (Å²) in [6.45, 7) is 2.92. The molecule has 0 radical (unpaired) electrons. The summed E-state index contributed by atoms with van der Waals surface area (Å²) in [5.74, 6) is 0. The highest BCUT2D eigenvalue weighted by Crippen LogP contribution is 2.17. The topological polar surface area (TPSA) is 65.5 Å². The number of nitrogens with one attached hydrogen (secondary N) is 1. The van der Waals surface area contributed by atoms with Crippen LogP contribution in [0.15, 0.2) is 0 Å². The van der Waals surface area contributed by atoms with Crippen molar-refractivity contribution >= 4 is 11.3 Å². The van der Waals surface area contributed by atoms with E-state index < -0.39 is 0 Å². The molecular formula is C9H17N3O3S. The van der Waals surface area contributed by atoms with Crippen LogP contribution in [0.5, 0.6) is 5.19 Å². The van der Waals surface area contributed by atoms with Crippen molar-refractivity contribution in [3.05, 3.63) is 5.01 Å². The highest BCUT2D eigenvalue weighted by atomic mass is 32.1. The Hall–Kier alpha value is -0.760. The summed E-state index contributed by atoms with van der Waals surface area (Å²) < 4.78 is 15.5. The third-order valence-corrected chi connectivity index (χ3v) is 2.50. The molecule has 1 N–H and O–H groups in total. The lowest BCUT2D eigenvalue weighted by Gasteiger charge is -2.03. The third-order valence-electron chi connectivity index (χ3n) is 1.66. The van der Waals surface area contributed by atoms with Gasteiger partial charge < -0.3 is 19.5 Å². The van der Waals surface area contributed by atoms with Crippen molar-refractivity contribution in [3.63, 3.8) is 0 Å². The molecule has 0 atom stereocenters. The lowest BCUT2D eigenvalue weighted by Crippen LogP contribution is -2.09. The maximum Gasteiger partial charge on any atom is 0.294 e. The molecule has 6 nitrogen and oxygen atoms in total.